The lowest BCUT2D eigenvalue weighted by Crippen LogP contribution is -2.44. The van der Waals surface area contributed by atoms with Crippen molar-refractivity contribution < 1.29 is 23.1 Å². The number of para-hydroxylation sites is 1. The van der Waals surface area contributed by atoms with Crippen molar-refractivity contribution in [2.45, 2.75) is 64.8 Å². The first-order valence-corrected chi connectivity index (χ1v) is 12.5. The van der Waals surface area contributed by atoms with Crippen molar-refractivity contribution in [2.24, 2.45) is 17.8 Å². The van der Waals surface area contributed by atoms with Gasteiger partial charge in [0.2, 0.25) is 0 Å². The minimum Gasteiger partial charge on any atom is -0.481 e. The van der Waals surface area contributed by atoms with E-state index in [-0.39, 0.29) is 18.1 Å². The highest BCUT2D eigenvalue weighted by molar-refractivity contribution is 5.74. The summed E-state index contributed by atoms with van der Waals surface area (Å²) in [6.45, 7) is 6.65. The standard InChI is InChI=1S/C27H33F3N4O2/c1-17(2)8-13-25(34-23-7-5-4-6-22(23)31-32-34)33-15-14-20(18(3)26(35)36)16-24(33)19-9-11-21(12-10-19)27(28,29)30/h4-7,9-12,17-18,20,24-25H,8,13-16H2,1-3H3,(H,35,36)/t18?,20-,24+,25-/m1/s1. The molecule has 4 rings (SSSR count). The van der Waals surface area contributed by atoms with Crippen molar-refractivity contribution >= 4 is 17.0 Å². The number of likely N-dealkylation sites (tertiary alicyclic amines) is 1. The summed E-state index contributed by atoms with van der Waals surface area (Å²) in [7, 11) is 0. The minimum absolute atomic E-state index is 0.0794. The molecule has 0 bridgehead atoms. The van der Waals surface area contributed by atoms with Gasteiger partial charge in [-0.1, -0.05) is 50.3 Å². The van der Waals surface area contributed by atoms with E-state index < -0.39 is 23.6 Å². The smallest absolute Gasteiger partial charge is 0.416 e. The number of rotatable bonds is 8. The first-order valence-electron chi connectivity index (χ1n) is 12.5. The Kier molecular flexibility index (Phi) is 7.68. The molecule has 0 aliphatic carbocycles. The number of halogens is 3. The Morgan fingerprint density at radius 2 is 1.78 bits per heavy atom. The fourth-order valence-corrected chi connectivity index (χ4v) is 5.26. The number of carboxylic acid groups (broad SMARTS) is 1. The lowest BCUT2D eigenvalue weighted by atomic mass is 9.79. The van der Waals surface area contributed by atoms with Crippen molar-refractivity contribution in [3.8, 4) is 0 Å². The van der Waals surface area contributed by atoms with E-state index in [0.29, 0.717) is 25.3 Å². The number of alkyl halides is 3. The van der Waals surface area contributed by atoms with Gasteiger partial charge in [-0.3, -0.25) is 9.69 Å². The predicted molar refractivity (Wildman–Crippen MR) is 131 cm³/mol. The van der Waals surface area contributed by atoms with Gasteiger partial charge in [-0.2, -0.15) is 13.2 Å². The molecule has 1 aliphatic rings. The summed E-state index contributed by atoms with van der Waals surface area (Å²) in [6.07, 6.45) is -1.61. The summed E-state index contributed by atoms with van der Waals surface area (Å²) in [4.78, 5) is 14.1. The number of carbonyl (C=O) groups is 1. The zero-order chi connectivity index (χ0) is 26.0. The number of aromatic nitrogens is 3. The molecule has 36 heavy (non-hydrogen) atoms. The molecule has 1 saturated heterocycles. The monoisotopic (exact) mass is 502 g/mol. The van der Waals surface area contributed by atoms with Crippen molar-refractivity contribution in [1.29, 1.82) is 0 Å². The molecule has 0 spiro atoms. The van der Waals surface area contributed by atoms with Gasteiger partial charge < -0.3 is 5.11 Å². The highest BCUT2D eigenvalue weighted by Gasteiger charge is 2.39. The van der Waals surface area contributed by atoms with Crippen LogP contribution in [-0.4, -0.2) is 37.5 Å². The summed E-state index contributed by atoms with van der Waals surface area (Å²) in [5.41, 5.74) is 1.75. The molecular formula is C27H33F3N4O2. The van der Waals surface area contributed by atoms with Gasteiger partial charge in [0.05, 0.1) is 17.0 Å². The van der Waals surface area contributed by atoms with Crippen molar-refractivity contribution in [2.75, 3.05) is 6.54 Å². The largest absolute Gasteiger partial charge is 0.481 e. The molecule has 194 valence electrons. The SMILES string of the molecule is CC(C)CC[C@H](N1CC[C@@H](C(C)C(=O)O)C[C@H]1c1ccc(C(F)(F)F)cc1)n1nnc2ccccc21. The number of carboxylic acids is 1. The molecule has 9 heteroatoms. The third-order valence-corrected chi connectivity index (χ3v) is 7.45. The van der Waals surface area contributed by atoms with Gasteiger partial charge in [0, 0.05) is 12.6 Å². The molecule has 1 N–H and O–H groups in total. The van der Waals surface area contributed by atoms with Crippen LogP contribution in [-0.2, 0) is 11.0 Å². The van der Waals surface area contributed by atoms with Crippen molar-refractivity contribution in [1.82, 2.24) is 19.9 Å². The normalized spacial score (nSPS) is 21.1. The molecule has 1 fully saturated rings. The van der Waals surface area contributed by atoms with Crippen molar-refractivity contribution in [3.05, 3.63) is 59.7 Å². The number of benzene rings is 2. The van der Waals surface area contributed by atoms with Gasteiger partial charge in [0.15, 0.2) is 0 Å². The lowest BCUT2D eigenvalue weighted by molar-refractivity contribution is -0.144. The number of nitrogens with zero attached hydrogens (tertiary/aromatic N) is 4. The van der Waals surface area contributed by atoms with E-state index in [1.165, 1.54) is 12.1 Å². The van der Waals surface area contributed by atoms with Crippen LogP contribution in [0.3, 0.4) is 0 Å². The summed E-state index contributed by atoms with van der Waals surface area (Å²) >= 11 is 0. The molecule has 2 aromatic carbocycles. The third-order valence-electron chi connectivity index (χ3n) is 7.45. The summed E-state index contributed by atoms with van der Waals surface area (Å²) in [5.74, 6) is -1.01. The molecular weight excluding hydrogens is 469 g/mol. The first-order chi connectivity index (χ1) is 17.1. The Balaban J connectivity index is 1.75. The zero-order valence-corrected chi connectivity index (χ0v) is 20.8. The lowest BCUT2D eigenvalue weighted by Gasteiger charge is -2.45. The molecule has 1 aliphatic heterocycles. The van der Waals surface area contributed by atoms with E-state index >= 15 is 0 Å². The van der Waals surface area contributed by atoms with Crippen LogP contribution >= 0.6 is 0 Å². The number of hydrogen-bond donors (Lipinski definition) is 1. The Labute approximate surface area is 209 Å². The Hall–Kier alpha value is -2.94. The molecule has 0 radical (unpaired) electrons. The predicted octanol–water partition coefficient (Wildman–Crippen LogP) is 6.56. The van der Waals surface area contributed by atoms with Crippen LogP contribution in [0, 0.1) is 17.8 Å². The van der Waals surface area contributed by atoms with E-state index in [0.717, 1.165) is 41.6 Å². The quantitative estimate of drug-likeness (QED) is 0.378. The number of hydrogen-bond acceptors (Lipinski definition) is 4. The number of aliphatic carboxylic acids is 1. The fraction of sp³-hybridized carbons (Fsp3) is 0.519. The Morgan fingerprint density at radius 3 is 2.42 bits per heavy atom. The van der Waals surface area contributed by atoms with Crippen LogP contribution in [0.5, 0.6) is 0 Å². The number of piperidine rings is 1. The maximum Gasteiger partial charge on any atom is 0.416 e. The summed E-state index contributed by atoms with van der Waals surface area (Å²) < 4.78 is 41.6. The number of fused-ring (bicyclic) bond motifs is 1. The van der Waals surface area contributed by atoms with Crippen LogP contribution < -0.4 is 0 Å². The van der Waals surface area contributed by atoms with Crippen LogP contribution in [0.2, 0.25) is 0 Å². The van der Waals surface area contributed by atoms with E-state index in [1.54, 1.807) is 6.92 Å². The maximum absolute atomic E-state index is 13.2. The zero-order valence-electron chi connectivity index (χ0n) is 20.8. The van der Waals surface area contributed by atoms with E-state index in [4.69, 9.17) is 0 Å². The van der Waals surface area contributed by atoms with E-state index in [1.807, 2.05) is 28.9 Å². The van der Waals surface area contributed by atoms with Crippen LogP contribution in [0.4, 0.5) is 13.2 Å². The third kappa shape index (κ3) is 5.56. The maximum atomic E-state index is 13.2. The summed E-state index contributed by atoms with van der Waals surface area (Å²) in [6, 6.07) is 12.8. The fourth-order valence-electron chi connectivity index (χ4n) is 5.26. The van der Waals surface area contributed by atoms with Gasteiger partial charge in [0.25, 0.3) is 0 Å². The minimum atomic E-state index is -4.41. The molecule has 3 aromatic rings. The van der Waals surface area contributed by atoms with Gasteiger partial charge >= 0.3 is 12.1 Å². The van der Waals surface area contributed by atoms with Crippen LogP contribution in [0.25, 0.3) is 11.0 Å². The topological polar surface area (TPSA) is 71.2 Å². The molecule has 4 atom stereocenters. The molecule has 0 amide bonds. The second-order valence-electron chi connectivity index (χ2n) is 10.3. The average molecular weight is 503 g/mol. The average Bonchev–Trinajstić information content (AvgIpc) is 3.27. The second-order valence-corrected chi connectivity index (χ2v) is 10.3. The Morgan fingerprint density at radius 1 is 1.08 bits per heavy atom. The Bertz CT molecular complexity index is 1180. The molecule has 6 nitrogen and oxygen atoms in total. The van der Waals surface area contributed by atoms with Gasteiger partial charge in [0.1, 0.15) is 11.7 Å². The molecule has 1 unspecified atom stereocenters. The molecule has 0 saturated carbocycles. The van der Waals surface area contributed by atoms with Gasteiger partial charge in [-0.15, -0.1) is 5.10 Å². The van der Waals surface area contributed by atoms with Gasteiger partial charge in [-0.25, -0.2) is 4.68 Å². The highest BCUT2D eigenvalue weighted by Crippen LogP contribution is 2.43. The molecule has 2 heterocycles. The van der Waals surface area contributed by atoms with Crippen LogP contribution in [0.1, 0.15) is 69.8 Å². The van der Waals surface area contributed by atoms with Crippen molar-refractivity contribution in [3.63, 3.8) is 0 Å². The molecule has 1 aromatic heterocycles. The van der Waals surface area contributed by atoms with Crippen LogP contribution in [0.15, 0.2) is 48.5 Å². The highest BCUT2D eigenvalue weighted by atomic mass is 19.4. The first kappa shape index (κ1) is 26.1. The van der Waals surface area contributed by atoms with Gasteiger partial charge in [-0.05, 0) is 67.3 Å². The van der Waals surface area contributed by atoms with E-state index in [9.17, 15) is 23.1 Å². The van der Waals surface area contributed by atoms with E-state index in [2.05, 4.69) is 29.1 Å². The second kappa shape index (κ2) is 10.6. The summed E-state index contributed by atoms with van der Waals surface area (Å²) in [5, 5.41) is 18.5.